The van der Waals surface area contributed by atoms with E-state index < -0.39 is 11.9 Å². The Morgan fingerprint density at radius 2 is 2.00 bits per heavy atom. The molecule has 2 rings (SSSR count). The molecule has 0 fully saturated rings. The minimum atomic E-state index is -0.853. The first kappa shape index (κ1) is 13.1. The molecule has 0 radical (unpaired) electrons. The zero-order valence-corrected chi connectivity index (χ0v) is 10.7. The number of aliphatic carboxylic acids is 1. The summed E-state index contributed by atoms with van der Waals surface area (Å²) in [7, 11) is 0. The molecule has 1 aromatic heterocycles. The molecule has 0 saturated carbocycles. The Morgan fingerprint density at radius 1 is 1.32 bits per heavy atom. The number of pyridine rings is 1. The van der Waals surface area contributed by atoms with E-state index in [1.807, 2.05) is 43.3 Å². The minimum absolute atomic E-state index is 0.352. The van der Waals surface area contributed by atoms with Crippen LogP contribution in [0.4, 0.5) is 5.82 Å². The predicted molar refractivity (Wildman–Crippen MR) is 73.9 cm³/mol. The average Bonchev–Trinajstić information content (AvgIpc) is 2.39. The summed E-state index contributed by atoms with van der Waals surface area (Å²) < 4.78 is 0. The van der Waals surface area contributed by atoms with Crippen molar-refractivity contribution in [3.05, 3.63) is 59.3 Å². The third-order valence-electron chi connectivity index (χ3n) is 3.23. The molecule has 0 saturated heterocycles. The van der Waals surface area contributed by atoms with Gasteiger partial charge >= 0.3 is 5.97 Å². The molecule has 0 aliphatic heterocycles. The van der Waals surface area contributed by atoms with Crippen molar-refractivity contribution >= 4 is 11.8 Å². The van der Waals surface area contributed by atoms with Gasteiger partial charge in [0.25, 0.3) is 0 Å². The van der Waals surface area contributed by atoms with Gasteiger partial charge in [0.05, 0.1) is 5.92 Å². The normalized spacial score (nSPS) is 12.1. The fourth-order valence-corrected chi connectivity index (χ4v) is 2.11. The van der Waals surface area contributed by atoms with Gasteiger partial charge in [-0.25, -0.2) is 4.98 Å². The van der Waals surface area contributed by atoms with Crippen LogP contribution in [0.3, 0.4) is 0 Å². The topological polar surface area (TPSA) is 76.2 Å². The Morgan fingerprint density at radius 3 is 2.58 bits per heavy atom. The highest BCUT2D eigenvalue weighted by molar-refractivity contribution is 5.77. The zero-order chi connectivity index (χ0) is 13.8. The van der Waals surface area contributed by atoms with Crippen LogP contribution in [0, 0.1) is 6.92 Å². The third-order valence-corrected chi connectivity index (χ3v) is 3.23. The molecular formula is C15H16N2O2. The second kappa shape index (κ2) is 5.52. The molecule has 98 valence electrons. The first-order chi connectivity index (χ1) is 9.09. The summed E-state index contributed by atoms with van der Waals surface area (Å²) in [5.74, 6) is -1.05. The molecule has 2 aromatic rings. The van der Waals surface area contributed by atoms with Gasteiger partial charge in [0.2, 0.25) is 0 Å². The first-order valence-electron chi connectivity index (χ1n) is 6.07. The smallest absolute Gasteiger partial charge is 0.311 e. The standard InChI is InChI=1S/C15H16N2O2/c1-10-7-8-17-14(16)12(10)9-13(15(18)19)11-5-3-2-4-6-11/h2-8,13H,9H2,1H3,(H2,16,17)(H,18,19). The highest BCUT2D eigenvalue weighted by Crippen LogP contribution is 2.25. The second-order valence-corrected chi connectivity index (χ2v) is 4.50. The van der Waals surface area contributed by atoms with E-state index in [1.54, 1.807) is 6.20 Å². The van der Waals surface area contributed by atoms with Crippen LogP contribution in [0.5, 0.6) is 0 Å². The Hall–Kier alpha value is -2.36. The summed E-state index contributed by atoms with van der Waals surface area (Å²) in [6, 6.07) is 11.0. The van der Waals surface area contributed by atoms with E-state index in [0.29, 0.717) is 12.2 Å². The van der Waals surface area contributed by atoms with Crippen LogP contribution >= 0.6 is 0 Å². The molecule has 3 N–H and O–H groups in total. The van der Waals surface area contributed by atoms with Gasteiger partial charge in [0, 0.05) is 6.20 Å². The summed E-state index contributed by atoms with van der Waals surface area (Å²) in [4.78, 5) is 15.5. The third kappa shape index (κ3) is 2.91. The molecule has 0 aliphatic carbocycles. The van der Waals surface area contributed by atoms with Crippen molar-refractivity contribution in [2.75, 3.05) is 5.73 Å². The van der Waals surface area contributed by atoms with Gasteiger partial charge in [-0.3, -0.25) is 4.79 Å². The number of carbonyl (C=O) groups is 1. The lowest BCUT2D eigenvalue weighted by molar-refractivity contribution is -0.138. The highest BCUT2D eigenvalue weighted by Gasteiger charge is 2.22. The van der Waals surface area contributed by atoms with Gasteiger partial charge in [0.1, 0.15) is 5.82 Å². The van der Waals surface area contributed by atoms with E-state index in [4.69, 9.17) is 5.73 Å². The van der Waals surface area contributed by atoms with Crippen LogP contribution in [0.2, 0.25) is 0 Å². The maximum Gasteiger partial charge on any atom is 0.311 e. The molecule has 4 heteroatoms. The van der Waals surface area contributed by atoms with Crippen molar-refractivity contribution in [1.82, 2.24) is 4.98 Å². The van der Waals surface area contributed by atoms with Gasteiger partial charge in [-0.1, -0.05) is 30.3 Å². The van der Waals surface area contributed by atoms with Crippen molar-refractivity contribution in [3.63, 3.8) is 0 Å². The van der Waals surface area contributed by atoms with Crippen molar-refractivity contribution in [2.24, 2.45) is 0 Å². The number of carboxylic acid groups (broad SMARTS) is 1. The van der Waals surface area contributed by atoms with Gasteiger partial charge in [-0.2, -0.15) is 0 Å². The van der Waals surface area contributed by atoms with Gasteiger partial charge in [-0.05, 0) is 36.1 Å². The van der Waals surface area contributed by atoms with Crippen molar-refractivity contribution in [2.45, 2.75) is 19.3 Å². The van der Waals surface area contributed by atoms with E-state index in [1.165, 1.54) is 0 Å². The molecule has 0 aliphatic rings. The molecule has 1 atom stereocenters. The highest BCUT2D eigenvalue weighted by atomic mass is 16.4. The molecule has 4 nitrogen and oxygen atoms in total. The fourth-order valence-electron chi connectivity index (χ4n) is 2.11. The summed E-state index contributed by atoms with van der Waals surface area (Å²) >= 11 is 0. The van der Waals surface area contributed by atoms with E-state index >= 15 is 0 Å². The number of aryl methyl sites for hydroxylation is 1. The molecule has 0 spiro atoms. The van der Waals surface area contributed by atoms with Crippen LogP contribution in [-0.2, 0) is 11.2 Å². The summed E-state index contributed by atoms with van der Waals surface area (Å²) in [5.41, 5.74) is 8.39. The second-order valence-electron chi connectivity index (χ2n) is 4.50. The monoisotopic (exact) mass is 256 g/mol. The number of carboxylic acids is 1. The minimum Gasteiger partial charge on any atom is -0.481 e. The summed E-state index contributed by atoms with van der Waals surface area (Å²) in [5, 5.41) is 9.41. The zero-order valence-electron chi connectivity index (χ0n) is 10.7. The van der Waals surface area contributed by atoms with Crippen molar-refractivity contribution in [1.29, 1.82) is 0 Å². The number of aromatic nitrogens is 1. The average molecular weight is 256 g/mol. The molecule has 19 heavy (non-hydrogen) atoms. The number of rotatable bonds is 4. The van der Waals surface area contributed by atoms with Gasteiger partial charge in [-0.15, -0.1) is 0 Å². The Balaban J connectivity index is 2.35. The predicted octanol–water partition coefficient (Wildman–Crippen LogP) is 2.38. The van der Waals surface area contributed by atoms with Crippen molar-refractivity contribution < 1.29 is 9.90 Å². The van der Waals surface area contributed by atoms with Crippen molar-refractivity contribution in [3.8, 4) is 0 Å². The molecule has 0 bridgehead atoms. The maximum atomic E-state index is 11.5. The number of hydrogen-bond donors (Lipinski definition) is 2. The summed E-state index contributed by atoms with van der Waals surface area (Å²) in [6.07, 6.45) is 1.98. The number of nitrogens with two attached hydrogens (primary N) is 1. The van der Waals surface area contributed by atoms with E-state index in [9.17, 15) is 9.90 Å². The SMILES string of the molecule is Cc1ccnc(N)c1CC(C(=O)O)c1ccccc1. The van der Waals surface area contributed by atoms with E-state index in [2.05, 4.69) is 4.98 Å². The lowest BCUT2D eigenvalue weighted by Crippen LogP contribution is -2.16. The Labute approximate surface area is 111 Å². The van der Waals surface area contributed by atoms with Crippen LogP contribution < -0.4 is 5.73 Å². The van der Waals surface area contributed by atoms with Gasteiger partial charge in [0.15, 0.2) is 0 Å². The van der Waals surface area contributed by atoms with Gasteiger partial charge < -0.3 is 10.8 Å². The number of anilines is 1. The number of benzene rings is 1. The molecule has 1 aromatic carbocycles. The van der Waals surface area contributed by atoms with Crippen LogP contribution in [0.15, 0.2) is 42.6 Å². The quantitative estimate of drug-likeness (QED) is 0.880. The van der Waals surface area contributed by atoms with E-state index in [0.717, 1.165) is 16.7 Å². The Kier molecular flexibility index (Phi) is 3.80. The maximum absolute atomic E-state index is 11.5. The number of hydrogen-bond acceptors (Lipinski definition) is 3. The molecule has 0 amide bonds. The number of nitrogens with zero attached hydrogens (tertiary/aromatic N) is 1. The van der Waals surface area contributed by atoms with Crippen LogP contribution in [-0.4, -0.2) is 16.1 Å². The van der Waals surface area contributed by atoms with Crippen LogP contribution in [0.1, 0.15) is 22.6 Å². The molecular weight excluding hydrogens is 240 g/mol. The van der Waals surface area contributed by atoms with Crippen LogP contribution in [0.25, 0.3) is 0 Å². The first-order valence-corrected chi connectivity index (χ1v) is 6.07. The Bertz CT molecular complexity index is 562. The summed E-state index contributed by atoms with van der Waals surface area (Å²) in [6.45, 7) is 1.91. The molecule has 1 heterocycles. The lowest BCUT2D eigenvalue weighted by Gasteiger charge is -2.15. The number of nitrogen functional groups attached to an aromatic ring is 1. The van der Waals surface area contributed by atoms with E-state index in [-0.39, 0.29) is 0 Å². The fraction of sp³-hybridized carbons (Fsp3) is 0.200. The largest absolute Gasteiger partial charge is 0.481 e. The lowest BCUT2D eigenvalue weighted by atomic mass is 9.90. The molecule has 1 unspecified atom stereocenters.